The van der Waals surface area contributed by atoms with Gasteiger partial charge in [-0.25, -0.2) is 4.39 Å². The van der Waals surface area contributed by atoms with E-state index < -0.39 is 20.5 Å². The van der Waals surface area contributed by atoms with Crippen LogP contribution < -0.4 is 0 Å². The van der Waals surface area contributed by atoms with Crippen LogP contribution in [0.2, 0.25) is 18.1 Å². The van der Waals surface area contributed by atoms with Crippen LogP contribution in [0.5, 0.6) is 0 Å². The van der Waals surface area contributed by atoms with E-state index in [2.05, 4.69) is 33.9 Å². The normalized spacial score (nSPS) is 23.6. The Morgan fingerprint density at radius 3 is 2.30 bits per heavy atom. The Morgan fingerprint density at radius 1 is 1.26 bits per heavy atom. The van der Waals surface area contributed by atoms with Gasteiger partial charge in [0.05, 0.1) is 6.10 Å². The summed E-state index contributed by atoms with van der Waals surface area (Å²) >= 11 is 0. The standard InChI is InChI=1S/C18H28FNO2Si/c1-13(22-23(5,6)18(2,3)4)15-16(19)20(17(15)21)12-14-10-8-7-9-11-14/h7-11,13,15-16H,12H2,1-6H3. The van der Waals surface area contributed by atoms with Crippen LogP contribution in [0.15, 0.2) is 30.3 Å². The van der Waals surface area contributed by atoms with Gasteiger partial charge in [0, 0.05) is 6.54 Å². The smallest absolute Gasteiger partial charge is 0.235 e. The lowest BCUT2D eigenvalue weighted by atomic mass is 9.91. The van der Waals surface area contributed by atoms with E-state index in [-0.39, 0.29) is 17.0 Å². The van der Waals surface area contributed by atoms with Crippen molar-refractivity contribution in [1.29, 1.82) is 0 Å². The number of hydrogen-bond donors (Lipinski definition) is 0. The zero-order valence-electron chi connectivity index (χ0n) is 15.0. The molecule has 1 amide bonds. The summed E-state index contributed by atoms with van der Waals surface area (Å²) in [5.41, 5.74) is 0.944. The molecule has 1 saturated heterocycles. The minimum absolute atomic E-state index is 0.0452. The molecule has 5 heteroatoms. The lowest BCUT2D eigenvalue weighted by molar-refractivity contribution is -0.179. The van der Waals surface area contributed by atoms with E-state index in [1.807, 2.05) is 37.3 Å². The molecule has 23 heavy (non-hydrogen) atoms. The largest absolute Gasteiger partial charge is 0.413 e. The molecule has 1 aliphatic heterocycles. The van der Waals surface area contributed by atoms with Gasteiger partial charge in [-0.05, 0) is 30.6 Å². The van der Waals surface area contributed by atoms with Gasteiger partial charge < -0.3 is 9.33 Å². The van der Waals surface area contributed by atoms with E-state index in [1.54, 1.807) is 0 Å². The van der Waals surface area contributed by atoms with Crippen molar-refractivity contribution in [1.82, 2.24) is 4.90 Å². The van der Waals surface area contributed by atoms with Crippen LogP contribution >= 0.6 is 0 Å². The number of halogens is 1. The second kappa shape index (κ2) is 6.36. The van der Waals surface area contributed by atoms with Crippen molar-refractivity contribution in [2.24, 2.45) is 5.92 Å². The molecule has 0 spiro atoms. The number of nitrogens with zero attached hydrogens (tertiary/aromatic N) is 1. The van der Waals surface area contributed by atoms with E-state index in [9.17, 15) is 9.18 Å². The van der Waals surface area contributed by atoms with E-state index in [1.165, 1.54) is 4.90 Å². The van der Waals surface area contributed by atoms with Gasteiger partial charge in [0.15, 0.2) is 14.6 Å². The van der Waals surface area contributed by atoms with Crippen molar-refractivity contribution < 1.29 is 13.6 Å². The van der Waals surface area contributed by atoms with Gasteiger partial charge >= 0.3 is 0 Å². The molecule has 0 aromatic heterocycles. The summed E-state index contributed by atoms with van der Waals surface area (Å²) in [4.78, 5) is 13.7. The van der Waals surface area contributed by atoms with Crippen LogP contribution in [-0.2, 0) is 15.8 Å². The van der Waals surface area contributed by atoms with Crippen molar-refractivity contribution in [3.63, 3.8) is 0 Å². The van der Waals surface area contributed by atoms with Gasteiger partial charge in [0.2, 0.25) is 5.91 Å². The van der Waals surface area contributed by atoms with Crippen LogP contribution in [0.3, 0.4) is 0 Å². The Kier molecular flexibility index (Phi) is 5.02. The molecule has 1 aromatic carbocycles. The Labute approximate surface area is 140 Å². The molecule has 1 aromatic rings. The number of likely N-dealkylation sites (tertiary alicyclic amines) is 1. The monoisotopic (exact) mass is 337 g/mol. The molecule has 1 heterocycles. The molecular formula is C18H28FNO2Si. The number of alkyl halides is 1. The fraction of sp³-hybridized carbons (Fsp3) is 0.611. The highest BCUT2D eigenvalue weighted by molar-refractivity contribution is 6.74. The number of β-lactam (4-membered cyclic amide) rings is 1. The minimum Gasteiger partial charge on any atom is -0.413 e. The first kappa shape index (κ1) is 18.1. The summed E-state index contributed by atoms with van der Waals surface area (Å²) in [6.07, 6.45) is -1.65. The van der Waals surface area contributed by atoms with Crippen molar-refractivity contribution in [3.8, 4) is 0 Å². The summed E-state index contributed by atoms with van der Waals surface area (Å²) in [5.74, 6) is -0.819. The molecular weight excluding hydrogens is 309 g/mol. The number of benzene rings is 1. The first-order chi connectivity index (χ1) is 10.5. The Bertz CT molecular complexity index is 556. The highest BCUT2D eigenvalue weighted by atomic mass is 28.4. The number of hydrogen-bond acceptors (Lipinski definition) is 2. The maximum Gasteiger partial charge on any atom is 0.235 e. The molecule has 3 atom stereocenters. The second-order valence-electron chi connectivity index (χ2n) is 7.93. The molecule has 0 bridgehead atoms. The predicted octanol–water partition coefficient (Wildman–Crippen LogP) is 4.35. The maximum atomic E-state index is 14.5. The molecule has 0 N–H and O–H groups in total. The Balaban J connectivity index is 1.99. The van der Waals surface area contributed by atoms with Gasteiger partial charge in [-0.2, -0.15) is 0 Å². The zero-order valence-corrected chi connectivity index (χ0v) is 16.0. The highest BCUT2D eigenvalue weighted by Crippen LogP contribution is 2.40. The van der Waals surface area contributed by atoms with Crippen LogP contribution in [0.4, 0.5) is 4.39 Å². The summed E-state index contributed by atoms with van der Waals surface area (Å²) in [6, 6.07) is 9.51. The van der Waals surface area contributed by atoms with Gasteiger partial charge in [0.1, 0.15) is 5.92 Å². The first-order valence-electron chi connectivity index (χ1n) is 8.21. The lowest BCUT2D eigenvalue weighted by Gasteiger charge is -2.47. The van der Waals surface area contributed by atoms with E-state index in [0.717, 1.165) is 5.56 Å². The third kappa shape index (κ3) is 3.66. The molecule has 128 valence electrons. The number of carbonyl (C=O) groups excluding carboxylic acids is 1. The third-order valence-electron chi connectivity index (χ3n) is 5.15. The Hall–Kier alpha value is -1.20. The molecule has 0 aliphatic carbocycles. The average Bonchev–Trinajstić information content (AvgIpc) is 2.44. The number of amides is 1. The third-order valence-corrected chi connectivity index (χ3v) is 9.72. The van der Waals surface area contributed by atoms with Crippen LogP contribution in [0.25, 0.3) is 0 Å². The van der Waals surface area contributed by atoms with Crippen molar-refractivity contribution in [2.75, 3.05) is 0 Å². The van der Waals surface area contributed by atoms with E-state index >= 15 is 0 Å². The maximum absolute atomic E-state index is 14.5. The molecule has 3 nitrogen and oxygen atoms in total. The molecule has 0 radical (unpaired) electrons. The van der Waals surface area contributed by atoms with E-state index in [0.29, 0.717) is 6.54 Å². The second-order valence-corrected chi connectivity index (χ2v) is 12.7. The predicted molar refractivity (Wildman–Crippen MR) is 93.1 cm³/mol. The van der Waals surface area contributed by atoms with Gasteiger partial charge in [0.25, 0.3) is 0 Å². The van der Waals surface area contributed by atoms with Crippen molar-refractivity contribution >= 4 is 14.2 Å². The number of carbonyl (C=O) groups is 1. The van der Waals surface area contributed by atoms with Gasteiger partial charge in [-0.1, -0.05) is 51.1 Å². The molecule has 2 rings (SSSR count). The highest BCUT2D eigenvalue weighted by Gasteiger charge is 2.52. The lowest BCUT2D eigenvalue weighted by Crippen LogP contribution is -2.63. The zero-order chi connectivity index (χ0) is 17.4. The van der Waals surface area contributed by atoms with Crippen LogP contribution in [0, 0.1) is 5.92 Å². The average molecular weight is 338 g/mol. The number of rotatable bonds is 5. The quantitative estimate of drug-likeness (QED) is 0.454. The van der Waals surface area contributed by atoms with Crippen LogP contribution in [-0.4, -0.2) is 31.5 Å². The van der Waals surface area contributed by atoms with Crippen molar-refractivity contribution in [3.05, 3.63) is 35.9 Å². The molecule has 0 saturated carbocycles. The molecule has 3 unspecified atom stereocenters. The molecule has 1 fully saturated rings. The summed E-state index contributed by atoms with van der Waals surface area (Å²) in [7, 11) is -2.01. The fourth-order valence-corrected chi connectivity index (χ4v) is 4.06. The topological polar surface area (TPSA) is 29.5 Å². The van der Waals surface area contributed by atoms with Crippen LogP contribution in [0.1, 0.15) is 33.3 Å². The fourth-order valence-electron chi connectivity index (χ4n) is 2.63. The van der Waals surface area contributed by atoms with Gasteiger partial charge in [-0.15, -0.1) is 0 Å². The SMILES string of the molecule is CC(O[Si](C)(C)C(C)(C)C)C1C(=O)N(Cc2ccccc2)C1F. The Morgan fingerprint density at radius 2 is 1.83 bits per heavy atom. The van der Waals surface area contributed by atoms with Crippen molar-refractivity contribution in [2.45, 2.75) is 64.8 Å². The van der Waals surface area contributed by atoms with E-state index in [4.69, 9.17) is 4.43 Å². The molecule has 1 aliphatic rings. The van der Waals surface area contributed by atoms with Gasteiger partial charge in [-0.3, -0.25) is 4.79 Å². The minimum atomic E-state index is -2.01. The first-order valence-corrected chi connectivity index (χ1v) is 11.1. The summed E-state index contributed by atoms with van der Waals surface area (Å²) in [5, 5.41) is 0.0452. The summed E-state index contributed by atoms with van der Waals surface area (Å²) < 4.78 is 20.7. The summed E-state index contributed by atoms with van der Waals surface area (Å²) in [6.45, 7) is 12.8.